The van der Waals surface area contributed by atoms with Crippen LogP contribution in [0, 0.1) is 0 Å². The molecule has 1 amide bonds. The van der Waals surface area contributed by atoms with Crippen molar-refractivity contribution in [3.63, 3.8) is 0 Å². The quantitative estimate of drug-likeness (QED) is 0.778. The SMILES string of the molecule is C[C@H](NS(=O)(=O)c1cc(Cl)ccc1Cl)C(=O)N[C@H](C)c1ccccc1. The van der Waals surface area contributed by atoms with E-state index >= 15 is 0 Å². The number of carbonyl (C=O) groups excluding carboxylic acids is 1. The highest BCUT2D eigenvalue weighted by Gasteiger charge is 2.25. The van der Waals surface area contributed by atoms with E-state index in [9.17, 15) is 13.2 Å². The maximum absolute atomic E-state index is 12.4. The Hall–Kier alpha value is -1.60. The average Bonchev–Trinajstić information content (AvgIpc) is 2.57. The van der Waals surface area contributed by atoms with Gasteiger partial charge in [-0.25, -0.2) is 8.42 Å². The van der Waals surface area contributed by atoms with Gasteiger partial charge < -0.3 is 5.32 Å². The molecule has 5 nitrogen and oxygen atoms in total. The van der Waals surface area contributed by atoms with Gasteiger partial charge in [0.2, 0.25) is 15.9 Å². The second kappa shape index (κ2) is 8.19. The summed E-state index contributed by atoms with van der Waals surface area (Å²) in [5.41, 5.74) is 0.920. The molecule has 2 aromatic rings. The van der Waals surface area contributed by atoms with Gasteiger partial charge in [0.1, 0.15) is 4.90 Å². The number of carbonyl (C=O) groups is 1. The van der Waals surface area contributed by atoms with Crippen LogP contribution in [0.5, 0.6) is 0 Å². The number of halogens is 2. The molecule has 0 radical (unpaired) electrons. The number of benzene rings is 2. The van der Waals surface area contributed by atoms with Crippen LogP contribution in [-0.4, -0.2) is 20.4 Å². The van der Waals surface area contributed by atoms with Crippen LogP contribution in [0.1, 0.15) is 25.5 Å². The zero-order chi connectivity index (χ0) is 18.6. The maximum atomic E-state index is 12.4. The highest BCUT2D eigenvalue weighted by Crippen LogP contribution is 2.25. The zero-order valence-corrected chi connectivity index (χ0v) is 16.0. The molecular formula is C17H18Cl2N2O3S. The third-order valence-electron chi connectivity index (χ3n) is 3.57. The van der Waals surface area contributed by atoms with Gasteiger partial charge in [0, 0.05) is 5.02 Å². The van der Waals surface area contributed by atoms with E-state index in [0.29, 0.717) is 0 Å². The molecule has 0 unspecified atom stereocenters. The fourth-order valence-electron chi connectivity index (χ4n) is 2.20. The second-order valence-electron chi connectivity index (χ2n) is 5.56. The van der Waals surface area contributed by atoms with Crippen LogP contribution in [0.25, 0.3) is 0 Å². The van der Waals surface area contributed by atoms with E-state index in [1.807, 2.05) is 37.3 Å². The summed E-state index contributed by atoms with van der Waals surface area (Å²) in [4.78, 5) is 12.1. The number of rotatable bonds is 6. The molecule has 0 aromatic heterocycles. The van der Waals surface area contributed by atoms with Crippen molar-refractivity contribution in [1.82, 2.24) is 10.0 Å². The van der Waals surface area contributed by atoms with Crippen molar-refractivity contribution in [2.45, 2.75) is 30.8 Å². The van der Waals surface area contributed by atoms with Crippen molar-refractivity contribution < 1.29 is 13.2 Å². The summed E-state index contributed by atoms with van der Waals surface area (Å²) < 4.78 is 27.2. The standard InChI is InChI=1S/C17H18Cl2N2O3S/c1-11(13-6-4-3-5-7-13)20-17(22)12(2)21-25(23,24)16-10-14(18)8-9-15(16)19/h3-12,21H,1-2H3,(H,20,22)/t11-,12+/m1/s1. The molecule has 2 atom stereocenters. The Balaban J connectivity index is 2.08. The van der Waals surface area contributed by atoms with Crippen LogP contribution in [0.15, 0.2) is 53.4 Å². The molecule has 0 aliphatic rings. The lowest BCUT2D eigenvalue weighted by atomic mass is 10.1. The van der Waals surface area contributed by atoms with E-state index in [1.54, 1.807) is 0 Å². The Bertz CT molecular complexity index is 857. The van der Waals surface area contributed by atoms with Gasteiger partial charge in [0.15, 0.2) is 0 Å². The first kappa shape index (κ1) is 19.7. The van der Waals surface area contributed by atoms with Gasteiger partial charge in [0.05, 0.1) is 17.1 Å². The largest absolute Gasteiger partial charge is 0.348 e. The van der Waals surface area contributed by atoms with Gasteiger partial charge in [-0.2, -0.15) is 4.72 Å². The lowest BCUT2D eigenvalue weighted by molar-refractivity contribution is -0.123. The van der Waals surface area contributed by atoms with Gasteiger partial charge in [-0.05, 0) is 37.6 Å². The predicted octanol–water partition coefficient (Wildman–Crippen LogP) is 3.54. The zero-order valence-electron chi connectivity index (χ0n) is 13.7. The normalized spacial score (nSPS) is 13.9. The topological polar surface area (TPSA) is 75.3 Å². The van der Waals surface area contributed by atoms with Crippen molar-refractivity contribution in [3.8, 4) is 0 Å². The molecule has 0 aliphatic heterocycles. The first-order valence-electron chi connectivity index (χ1n) is 7.53. The highest BCUT2D eigenvalue weighted by atomic mass is 35.5. The number of nitrogens with one attached hydrogen (secondary N) is 2. The number of hydrogen-bond donors (Lipinski definition) is 2. The van der Waals surface area contributed by atoms with E-state index in [-0.39, 0.29) is 21.0 Å². The molecular weight excluding hydrogens is 383 g/mol. The maximum Gasteiger partial charge on any atom is 0.242 e. The van der Waals surface area contributed by atoms with Crippen LogP contribution in [-0.2, 0) is 14.8 Å². The van der Waals surface area contributed by atoms with Crippen LogP contribution in [0.3, 0.4) is 0 Å². The van der Waals surface area contributed by atoms with Gasteiger partial charge in [-0.3, -0.25) is 4.79 Å². The van der Waals surface area contributed by atoms with E-state index in [2.05, 4.69) is 10.0 Å². The molecule has 2 aromatic carbocycles. The molecule has 0 heterocycles. The van der Waals surface area contributed by atoms with Crippen LogP contribution < -0.4 is 10.0 Å². The van der Waals surface area contributed by atoms with Crippen molar-refractivity contribution in [2.75, 3.05) is 0 Å². The molecule has 0 aliphatic carbocycles. The fraction of sp³-hybridized carbons (Fsp3) is 0.235. The molecule has 2 rings (SSSR count). The molecule has 8 heteroatoms. The van der Waals surface area contributed by atoms with Crippen LogP contribution in [0.4, 0.5) is 0 Å². The lowest BCUT2D eigenvalue weighted by Gasteiger charge is -2.19. The highest BCUT2D eigenvalue weighted by molar-refractivity contribution is 7.89. The third kappa shape index (κ3) is 5.19. The minimum Gasteiger partial charge on any atom is -0.348 e. The van der Waals surface area contributed by atoms with Crippen molar-refractivity contribution in [2.24, 2.45) is 0 Å². The summed E-state index contributed by atoms with van der Waals surface area (Å²) in [6.45, 7) is 3.28. The van der Waals surface area contributed by atoms with Gasteiger partial charge in [-0.1, -0.05) is 53.5 Å². The van der Waals surface area contributed by atoms with Crippen molar-refractivity contribution >= 4 is 39.1 Å². The van der Waals surface area contributed by atoms with Gasteiger partial charge >= 0.3 is 0 Å². The minimum absolute atomic E-state index is 0.0298. The summed E-state index contributed by atoms with van der Waals surface area (Å²) in [5.74, 6) is -0.446. The van der Waals surface area contributed by atoms with E-state index in [1.165, 1.54) is 25.1 Å². The van der Waals surface area contributed by atoms with E-state index in [4.69, 9.17) is 23.2 Å². The summed E-state index contributed by atoms with van der Waals surface area (Å²) in [6, 6.07) is 12.3. The monoisotopic (exact) mass is 400 g/mol. The average molecular weight is 401 g/mol. The van der Waals surface area contributed by atoms with E-state index < -0.39 is 22.0 Å². The summed E-state index contributed by atoms with van der Waals surface area (Å²) >= 11 is 11.8. The third-order valence-corrected chi connectivity index (χ3v) is 5.82. The van der Waals surface area contributed by atoms with Gasteiger partial charge in [0.25, 0.3) is 0 Å². The van der Waals surface area contributed by atoms with E-state index in [0.717, 1.165) is 5.56 Å². The van der Waals surface area contributed by atoms with Crippen LogP contribution in [0.2, 0.25) is 10.0 Å². The molecule has 134 valence electrons. The number of amides is 1. The van der Waals surface area contributed by atoms with Crippen molar-refractivity contribution in [3.05, 3.63) is 64.1 Å². The molecule has 0 saturated heterocycles. The molecule has 2 N–H and O–H groups in total. The number of hydrogen-bond acceptors (Lipinski definition) is 3. The molecule has 25 heavy (non-hydrogen) atoms. The predicted molar refractivity (Wildman–Crippen MR) is 99.2 cm³/mol. The Kier molecular flexibility index (Phi) is 6.46. The first-order chi connectivity index (χ1) is 11.7. The minimum atomic E-state index is -3.99. The van der Waals surface area contributed by atoms with Crippen LogP contribution >= 0.6 is 23.2 Å². The van der Waals surface area contributed by atoms with Crippen molar-refractivity contribution in [1.29, 1.82) is 0 Å². The lowest BCUT2D eigenvalue weighted by Crippen LogP contribution is -2.45. The Morgan fingerprint density at radius 1 is 1.04 bits per heavy atom. The molecule has 0 bridgehead atoms. The summed E-state index contributed by atoms with van der Waals surface area (Å²) in [7, 11) is -3.99. The Morgan fingerprint density at radius 3 is 2.32 bits per heavy atom. The molecule has 0 saturated carbocycles. The second-order valence-corrected chi connectivity index (χ2v) is 8.08. The molecule has 0 fully saturated rings. The summed E-state index contributed by atoms with van der Waals surface area (Å²) in [5, 5.41) is 3.04. The smallest absolute Gasteiger partial charge is 0.242 e. The first-order valence-corrected chi connectivity index (χ1v) is 9.77. The summed E-state index contributed by atoms with van der Waals surface area (Å²) in [6.07, 6.45) is 0. The van der Waals surface area contributed by atoms with Gasteiger partial charge in [-0.15, -0.1) is 0 Å². The number of sulfonamides is 1. The Morgan fingerprint density at radius 2 is 1.68 bits per heavy atom. The Labute approximate surface area is 157 Å². The molecule has 0 spiro atoms. The fourth-order valence-corrected chi connectivity index (χ4v) is 4.16.